The Morgan fingerprint density at radius 3 is 2.71 bits per heavy atom. The van der Waals surface area contributed by atoms with Gasteiger partial charge < -0.3 is 15.5 Å². The van der Waals surface area contributed by atoms with E-state index in [0.717, 1.165) is 29.0 Å². The van der Waals surface area contributed by atoms with Crippen LogP contribution in [0, 0.1) is 11.3 Å². The summed E-state index contributed by atoms with van der Waals surface area (Å²) in [6.07, 6.45) is 3.29. The van der Waals surface area contributed by atoms with Crippen LogP contribution in [0.4, 0.5) is 0 Å². The fraction of sp³-hybridized carbons (Fsp3) is 0.556. The van der Waals surface area contributed by atoms with E-state index in [-0.39, 0.29) is 5.41 Å². The molecule has 1 heterocycles. The zero-order chi connectivity index (χ0) is 16.7. The predicted molar refractivity (Wildman–Crippen MR) is 92.6 cm³/mol. The van der Waals surface area contributed by atoms with Crippen LogP contribution in [-0.4, -0.2) is 33.8 Å². The number of para-hydroxylation sites is 1. The summed E-state index contributed by atoms with van der Waals surface area (Å²) in [7, 11) is 0. The van der Waals surface area contributed by atoms with E-state index >= 15 is 0 Å². The number of carbonyl (C=O) groups is 1. The third-order valence-electron chi connectivity index (χ3n) is 5.54. The molecule has 2 aliphatic rings. The largest absolute Gasteiger partial charge is 0.383 e. The van der Waals surface area contributed by atoms with Gasteiger partial charge in [-0.25, -0.2) is 4.98 Å². The van der Waals surface area contributed by atoms with Crippen molar-refractivity contribution in [2.75, 3.05) is 6.54 Å². The maximum Gasteiger partial charge on any atom is 0.252 e. The summed E-state index contributed by atoms with van der Waals surface area (Å²) in [6, 6.07) is 7.53. The maximum atomic E-state index is 12.3. The van der Waals surface area contributed by atoms with Crippen molar-refractivity contribution < 1.29 is 15.0 Å². The van der Waals surface area contributed by atoms with Crippen molar-refractivity contribution in [1.82, 2.24) is 10.3 Å². The number of rotatable bonds is 6. The number of benzene rings is 1. The fourth-order valence-corrected chi connectivity index (χ4v) is 4.70. The first-order valence-corrected chi connectivity index (χ1v) is 9.40. The van der Waals surface area contributed by atoms with Crippen LogP contribution in [0.2, 0.25) is 0 Å². The van der Waals surface area contributed by atoms with Gasteiger partial charge in [0.1, 0.15) is 11.1 Å². The van der Waals surface area contributed by atoms with E-state index in [1.165, 1.54) is 30.6 Å². The molecule has 5 nitrogen and oxygen atoms in total. The highest BCUT2D eigenvalue weighted by atomic mass is 32.1. The van der Waals surface area contributed by atoms with Crippen LogP contribution >= 0.6 is 11.3 Å². The molecule has 1 amide bonds. The Labute approximate surface area is 144 Å². The summed E-state index contributed by atoms with van der Waals surface area (Å²) in [4.78, 5) is 16.6. The molecule has 2 saturated carbocycles. The molecule has 24 heavy (non-hydrogen) atoms. The van der Waals surface area contributed by atoms with E-state index in [1.807, 2.05) is 24.3 Å². The van der Waals surface area contributed by atoms with Gasteiger partial charge in [0.25, 0.3) is 5.91 Å². The minimum absolute atomic E-state index is 0.246. The van der Waals surface area contributed by atoms with Crippen LogP contribution in [0.1, 0.15) is 43.2 Å². The Morgan fingerprint density at radius 2 is 2.08 bits per heavy atom. The molecule has 0 saturated heterocycles. The first kappa shape index (κ1) is 16.0. The van der Waals surface area contributed by atoms with Gasteiger partial charge in [-0.3, -0.25) is 4.79 Å². The fourth-order valence-electron chi connectivity index (χ4n) is 3.72. The van der Waals surface area contributed by atoms with E-state index in [4.69, 9.17) is 0 Å². The van der Waals surface area contributed by atoms with Crippen LogP contribution in [0.15, 0.2) is 24.3 Å². The minimum Gasteiger partial charge on any atom is -0.383 e. The molecule has 128 valence electrons. The van der Waals surface area contributed by atoms with Gasteiger partial charge in [-0.15, -0.1) is 11.3 Å². The maximum absolute atomic E-state index is 12.3. The van der Waals surface area contributed by atoms with E-state index in [2.05, 4.69) is 10.3 Å². The van der Waals surface area contributed by atoms with Gasteiger partial charge in [0.15, 0.2) is 6.10 Å². The van der Waals surface area contributed by atoms with Gasteiger partial charge in [0.2, 0.25) is 0 Å². The lowest BCUT2D eigenvalue weighted by atomic mass is 9.65. The second-order valence-electron chi connectivity index (χ2n) is 7.12. The van der Waals surface area contributed by atoms with Crippen LogP contribution < -0.4 is 5.32 Å². The lowest BCUT2D eigenvalue weighted by molar-refractivity contribution is -0.136. The van der Waals surface area contributed by atoms with Gasteiger partial charge in [0.05, 0.1) is 10.2 Å². The van der Waals surface area contributed by atoms with Crippen molar-refractivity contribution in [2.45, 2.75) is 44.3 Å². The smallest absolute Gasteiger partial charge is 0.252 e. The molecule has 0 aliphatic heterocycles. The Balaban J connectivity index is 1.40. The molecule has 2 fully saturated rings. The molecule has 1 aromatic carbocycles. The van der Waals surface area contributed by atoms with E-state index < -0.39 is 18.1 Å². The molecule has 6 heteroatoms. The molecule has 0 radical (unpaired) electrons. The number of carbonyl (C=O) groups excluding carboxylic acids is 1. The molecule has 2 aliphatic carbocycles. The molecule has 2 unspecified atom stereocenters. The van der Waals surface area contributed by atoms with Crippen molar-refractivity contribution in [3.05, 3.63) is 29.3 Å². The summed E-state index contributed by atoms with van der Waals surface area (Å²) >= 11 is 1.30. The number of aromatic nitrogens is 1. The summed E-state index contributed by atoms with van der Waals surface area (Å²) in [6.45, 7) is 0.611. The van der Waals surface area contributed by atoms with Crippen LogP contribution in [0.3, 0.4) is 0 Å². The summed E-state index contributed by atoms with van der Waals surface area (Å²) in [5.41, 5.74) is 1.02. The topological polar surface area (TPSA) is 82.5 Å². The molecule has 0 bridgehead atoms. The van der Waals surface area contributed by atoms with Crippen molar-refractivity contribution in [2.24, 2.45) is 11.3 Å². The Hall–Kier alpha value is -1.50. The number of aliphatic hydroxyl groups excluding tert-OH is 2. The van der Waals surface area contributed by atoms with Crippen LogP contribution in [0.5, 0.6) is 0 Å². The normalized spacial score (nSPS) is 21.9. The molecular weight excluding hydrogens is 324 g/mol. The van der Waals surface area contributed by atoms with Gasteiger partial charge in [0, 0.05) is 6.54 Å². The summed E-state index contributed by atoms with van der Waals surface area (Å²) in [5, 5.41) is 23.8. The minimum atomic E-state index is -1.48. The lowest BCUT2D eigenvalue weighted by Crippen LogP contribution is -2.47. The average Bonchev–Trinajstić information content (AvgIpc) is 3.30. The third-order valence-corrected chi connectivity index (χ3v) is 6.65. The number of hydrogen-bond donors (Lipinski definition) is 3. The molecule has 2 aromatic rings. The average molecular weight is 346 g/mol. The molecule has 1 aromatic heterocycles. The second kappa shape index (κ2) is 6.10. The number of fused-ring (bicyclic) bond motifs is 1. The summed E-state index contributed by atoms with van der Waals surface area (Å²) in [5.74, 6) is 0.228. The number of nitrogens with zero attached hydrogens (tertiary/aromatic N) is 1. The third kappa shape index (κ3) is 2.83. The Kier molecular flexibility index (Phi) is 4.06. The van der Waals surface area contributed by atoms with Crippen molar-refractivity contribution in [3.8, 4) is 0 Å². The molecular formula is C18H22N2O3S. The molecule has 0 spiro atoms. The molecule has 3 N–H and O–H groups in total. The molecule has 2 atom stereocenters. The highest BCUT2D eigenvalue weighted by Crippen LogP contribution is 2.56. The van der Waals surface area contributed by atoms with E-state index in [1.54, 1.807) is 0 Å². The molecule has 4 rings (SSSR count). The van der Waals surface area contributed by atoms with E-state index in [0.29, 0.717) is 11.6 Å². The lowest BCUT2D eigenvalue weighted by Gasteiger charge is -2.42. The number of amides is 1. The monoisotopic (exact) mass is 346 g/mol. The number of hydrogen-bond acceptors (Lipinski definition) is 5. The van der Waals surface area contributed by atoms with Crippen LogP contribution in [0.25, 0.3) is 10.2 Å². The first-order valence-electron chi connectivity index (χ1n) is 8.58. The quantitative estimate of drug-likeness (QED) is 0.750. The van der Waals surface area contributed by atoms with Crippen molar-refractivity contribution >= 4 is 27.5 Å². The SMILES string of the molecule is O=C(NCC1(C2CC2)CCC1)C(O)C(O)c1nc2ccccc2s1. The van der Waals surface area contributed by atoms with E-state index in [9.17, 15) is 15.0 Å². The Morgan fingerprint density at radius 1 is 1.33 bits per heavy atom. The van der Waals surface area contributed by atoms with Crippen molar-refractivity contribution in [3.63, 3.8) is 0 Å². The zero-order valence-electron chi connectivity index (χ0n) is 13.4. The van der Waals surface area contributed by atoms with Gasteiger partial charge >= 0.3 is 0 Å². The standard InChI is InChI=1S/C18H22N2O3S/c21-14(15(22)17-20-12-4-1-2-5-13(12)24-17)16(23)19-10-18(8-3-9-18)11-6-7-11/h1-2,4-5,11,14-15,21-22H,3,6-10H2,(H,19,23). The van der Waals surface area contributed by atoms with Crippen LogP contribution in [-0.2, 0) is 4.79 Å². The first-order chi connectivity index (χ1) is 11.6. The summed E-state index contributed by atoms with van der Waals surface area (Å²) < 4.78 is 0.932. The number of nitrogens with one attached hydrogen (secondary N) is 1. The number of thiazole rings is 1. The highest BCUT2D eigenvalue weighted by Gasteiger charge is 2.49. The van der Waals surface area contributed by atoms with Gasteiger partial charge in [-0.1, -0.05) is 18.6 Å². The zero-order valence-corrected chi connectivity index (χ0v) is 14.3. The predicted octanol–water partition coefficient (Wildman–Crippen LogP) is 2.39. The van der Waals surface area contributed by atoms with Gasteiger partial charge in [-0.2, -0.15) is 0 Å². The number of aliphatic hydroxyl groups is 2. The van der Waals surface area contributed by atoms with Gasteiger partial charge in [-0.05, 0) is 49.1 Å². The second-order valence-corrected chi connectivity index (χ2v) is 8.18. The highest BCUT2D eigenvalue weighted by molar-refractivity contribution is 7.18. The Bertz CT molecular complexity index is 719. The van der Waals surface area contributed by atoms with Crippen molar-refractivity contribution in [1.29, 1.82) is 0 Å².